The summed E-state index contributed by atoms with van der Waals surface area (Å²) < 4.78 is 13.5. The van der Waals surface area contributed by atoms with E-state index in [-0.39, 0.29) is 5.41 Å². The summed E-state index contributed by atoms with van der Waals surface area (Å²) in [5.74, 6) is 2.33. The molecule has 0 saturated carbocycles. The first-order chi connectivity index (χ1) is 33.9. The fourth-order valence-electron chi connectivity index (χ4n) is 10.0. The van der Waals surface area contributed by atoms with Gasteiger partial charge in [0, 0.05) is 23.0 Å². The molecule has 3 aromatic heterocycles. The Hall–Kier alpha value is -8.80. The number of rotatable bonds is 11. The highest BCUT2D eigenvalue weighted by Crippen LogP contribution is 2.38. The van der Waals surface area contributed by atoms with E-state index in [4.69, 9.17) is 9.72 Å². The lowest BCUT2D eigenvalue weighted by Gasteiger charge is -2.25. The van der Waals surface area contributed by atoms with Gasteiger partial charge in [-0.1, -0.05) is 190 Å². The first-order valence-corrected chi connectivity index (χ1v) is 23.6. The van der Waals surface area contributed by atoms with Crippen LogP contribution in [0.4, 0.5) is 0 Å². The molecule has 5 heteroatoms. The summed E-state index contributed by atoms with van der Waals surface area (Å²) in [5.41, 5.74) is 15.4. The van der Waals surface area contributed by atoms with E-state index in [0.29, 0.717) is 5.75 Å². The fraction of sp³-hybridized carbons (Fsp3) is 0.0625. The lowest BCUT2D eigenvalue weighted by atomic mass is 9.79. The molecule has 0 radical (unpaired) electrons. The first kappa shape index (κ1) is 41.6. The highest BCUT2D eigenvalue weighted by atomic mass is 16.5. The van der Waals surface area contributed by atoms with Crippen molar-refractivity contribution in [1.29, 1.82) is 0 Å². The lowest BCUT2D eigenvalue weighted by Crippen LogP contribution is -2.31. The molecule has 0 aliphatic carbocycles. The molecule has 0 aliphatic rings. The Bertz CT molecular complexity index is 3740. The minimum atomic E-state index is -0.0524. The fourth-order valence-corrected chi connectivity index (χ4v) is 10.0. The van der Waals surface area contributed by atoms with Crippen LogP contribution in [0.2, 0.25) is 0 Å². The molecule has 5 nitrogen and oxygen atoms in total. The number of ether oxygens (including phenoxy) is 1. The van der Waals surface area contributed by atoms with E-state index < -0.39 is 0 Å². The zero-order valence-electron chi connectivity index (χ0n) is 38.5. The van der Waals surface area contributed by atoms with Crippen LogP contribution < -0.4 is 9.30 Å². The number of hydrogen-bond donors (Lipinski definition) is 0. The Labute approximate surface area is 402 Å². The van der Waals surface area contributed by atoms with Crippen LogP contribution in [0.25, 0.3) is 83.4 Å². The highest BCUT2D eigenvalue weighted by Gasteiger charge is 2.23. The topological polar surface area (TPSA) is 35.9 Å². The van der Waals surface area contributed by atoms with Crippen LogP contribution >= 0.6 is 0 Å². The van der Waals surface area contributed by atoms with Gasteiger partial charge in [0.2, 0.25) is 0 Å². The average Bonchev–Trinajstić information content (AvgIpc) is 3.95. The predicted octanol–water partition coefficient (Wildman–Crippen LogP) is 15.5. The number of benzene rings is 9. The highest BCUT2D eigenvalue weighted by molar-refractivity contribution is 6.09. The van der Waals surface area contributed by atoms with Crippen LogP contribution in [0.5, 0.6) is 11.5 Å². The molecule has 0 spiro atoms. The van der Waals surface area contributed by atoms with Crippen molar-refractivity contribution < 1.29 is 9.30 Å². The molecule has 69 heavy (non-hydrogen) atoms. The maximum atomic E-state index is 6.86. The maximum Gasteiger partial charge on any atom is 0.269 e. The van der Waals surface area contributed by atoms with E-state index in [9.17, 15) is 0 Å². The third-order valence-electron chi connectivity index (χ3n) is 13.4. The van der Waals surface area contributed by atoms with E-state index in [0.717, 1.165) is 90.2 Å². The second kappa shape index (κ2) is 17.4. The number of para-hydroxylation sites is 2. The second-order valence-electron chi connectivity index (χ2n) is 18.4. The van der Waals surface area contributed by atoms with Crippen molar-refractivity contribution in [3.05, 3.63) is 260 Å². The predicted molar refractivity (Wildman–Crippen MR) is 282 cm³/mol. The second-order valence-corrected chi connectivity index (χ2v) is 18.4. The minimum Gasteiger partial charge on any atom is -0.458 e. The van der Waals surface area contributed by atoms with Crippen molar-refractivity contribution in [2.24, 2.45) is 0 Å². The SMILES string of the molecule is CC(C)(Cc1ccnc(-n2c3ccccc3c3ccc(Oc4cccc(-n5[c-][n+](-c6c(-c7ccccc7)cccc6-c6ccccc6)c6ccc(-c7ccccc7)cc65)c4)cc32)c1)c1ccccc1. The van der Waals surface area contributed by atoms with Gasteiger partial charge in [0.15, 0.2) is 0 Å². The average molecular weight is 889 g/mol. The van der Waals surface area contributed by atoms with Crippen molar-refractivity contribution in [1.82, 2.24) is 14.1 Å². The third kappa shape index (κ3) is 7.84. The van der Waals surface area contributed by atoms with Crippen LogP contribution in [0.15, 0.2) is 243 Å². The number of fused-ring (bicyclic) bond motifs is 4. The van der Waals surface area contributed by atoms with Crippen molar-refractivity contribution in [3.8, 4) is 62.1 Å². The molecule has 0 N–H and O–H groups in total. The lowest BCUT2D eigenvalue weighted by molar-refractivity contribution is -0.571. The van der Waals surface area contributed by atoms with Crippen LogP contribution in [0.1, 0.15) is 25.0 Å². The molecular weight excluding hydrogens is 841 g/mol. The monoisotopic (exact) mass is 888 g/mol. The van der Waals surface area contributed by atoms with Crippen molar-refractivity contribution in [2.75, 3.05) is 0 Å². The van der Waals surface area contributed by atoms with Gasteiger partial charge >= 0.3 is 0 Å². The number of aromatic nitrogens is 4. The van der Waals surface area contributed by atoms with Gasteiger partial charge in [-0.25, -0.2) is 4.98 Å². The summed E-state index contributed by atoms with van der Waals surface area (Å²) in [6.07, 6.45) is 6.69. The Morgan fingerprint density at radius 1 is 0.493 bits per heavy atom. The molecule has 12 rings (SSSR count). The van der Waals surface area contributed by atoms with Crippen LogP contribution in [0, 0.1) is 6.33 Å². The minimum absolute atomic E-state index is 0.0524. The maximum absolute atomic E-state index is 6.86. The van der Waals surface area contributed by atoms with Gasteiger partial charge in [-0.05, 0) is 111 Å². The standard InChI is InChI=1S/C64H48N4O/c1-64(2,50-25-13-6-14-26-50)43-45-37-38-65-62(39-45)68-58-32-16-15-29-56(58)57-35-34-53(42-60(57)68)69-52-28-17-27-51(41-52)66-44-67(59-36-33-49(40-61(59)66)46-19-7-3-8-20-46)63-54(47-21-9-4-10-22-47)30-18-31-55(63)48-23-11-5-12-24-48/h3-42H,43H2,1-2H3. The summed E-state index contributed by atoms with van der Waals surface area (Å²) in [6, 6.07) is 83.5. The normalized spacial score (nSPS) is 11.7. The zero-order chi connectivity index (χ0) is 46.3. The molecule has 12 aromatic rings. The largest absolute Gasteiger partial charge is 0.458 e. The molecule has 0 bridgehead atoms. The zero-order valence-corrected chi connectivity index (χ0v) is 38.5. The summed E-state index contributed by atoms with van der Waals surface area (Å²) in [5, 5.41) is 2.31. The molecule has 0 fully saturated rings. The van der Waals surface area contributed by atoms with E-state index in [1.807, 2.05) is 12.3 Å². The van der Waals surface area contributed by atoms with Crippen molar-refractivity contribution in [3.63, 3.8) is 0 Å². The van der Waals surface area contributed by atoms with Crippen molar-refractivity contribution in [2.45, 2.75) is 25.7 Å². The Morgan fingerprint density at radius 3 is 1.84 bits per heavy atom. The number of hydrogen-bond acceptors (Lipinski definition) is 2. The summed E-state index contributed by atoms with van der Waals surface area (Å²) in [4.78, 5) is 4.98. The summed E-state index contributed by atoms with van der Waals surface area (Å²) in [7, 11) is 0. The molecule has 0 unspecified atom stereocenters. The Kier molecular flexibility index (Phi) is 10.5. The van der Waals surface area contributed by atoms with Crippen molar-refractivity contribution >= 4 is 32.8 Å². The smallest absolute Gasteiger partial charge is 0.269 e. The molecule has 9 aromatic carbocycles. The summed E-state index contributed by atoms with van der Waals surface area (Å²) >= 11 is 0. The van der Waals surface area contributed by atoms with Gasteiger partial charge in [0.05, 0.1) is 33.4 Å². The van der Waals surface area contributed by atoms with E-state index >= 15 is 0 Å². The van der Waals surface area contributed by atoms with Gasteiger partial charge in [-0.15, -0.1) is 0 Å². The van der Waals surface area contributed by atoms with Gasteiger partial charge in [-0.2, -0.15) is 0 Å². The molecule has 0 aliphatic heterocycles. The number of nitrogens with zero attached hydrogens (tertiary/aromatic N) is 4. The third-order valence-corrected chi connectivity index (χ3v) is 13.4. The number of imidazole rings is 1. The van der Waals surface area contributed by atoms with E-state index in [1.165, 1.54) is 16.5 Å². The Balaban J connectivity index is 0.969. The van der Waals surface area contributed by atoms with Crippen LogP contribution in [0.3, 0.4) is 0 Å². The van der Waals surface area contributed by atoms with Crippen LogP contribution in [-0.4, -0.2) is 14.1 Å². The first-order valence-electron chi connectivity index (χ1n) is 23.6. The number of pyridine rings is 1. The molecular formula is C64H48N4O. The van der Waals surface area contributed by atoms with Gasteiger partial charge < -0.3 is 4.74 Å². The molecule has 0 atom stereocenters. The van der Waals surface area contributed by atoms with Crippen LogP contribution in [-0.2, 0) is 11.8 Å². The summed E-state index contributed by atoms with van der Waals surface area (Å²) in [6.45, 7) is 4.62. The molecule has 330 valence electrons. The molecule has 3 heterocycles. The van der Waals surface area contributed by atoms with Gasteiger partial charge in [-0.3, -0.25) is 13.7 Å². The van der Waals surface area contributed by atoms with Gasteiger partial charge in [0.25, 0.3) is 6.33 Å². The quantitative estimate of drug-likeness (QED) is 0.0958. The van der Waals surface area contributed by atoms with E-state index in [2.05, 4.69) is 264 Å². The molecule has 0 amide bonds. The Morgan fingerprint density at radius 2 is 1.12 bits per heavy atom. The van der Waals surface area contributed by atoms with E-state index in [1.54, 1.807) is 0 Å². The molecule has 0 saturated heterocycles. The van der Waals surface area contributed by atoms with Gasteiger partial charge in [0.1, 0.15) is 17.3 Å².